The van der Waals surface area contributed by atoms with Gasteiger partial charge in [-0.05, 0) is 61.8 Å². The predicted octanol–water partition coefficient (Wildman–Crippen LogP) is 2.56. The maximum absolute atomic E-state index is 14.8. The fourth-order valence-electron chi connectivity index (χ4n) is 6.31. The lowest BCUT2D eigenvalue weighted by Crippen LogP contribution is -2.73. The monoisotopic (exact) mass is 576 g/mol. The molecule has 2 amide bonds. The van der Waals surface area contributed by atoms with E-state index in [0.29, 0.717) is 62.9 Å². The van der Waals surface area contributed by atoms with E-state index < -0.39 is 27.2 Å². The van der Waals surface area contributed by atoms with Crippen LogP contribution in [0.3, 0.4) is 0 Å². The number of hydrogen-bond acceptors (Lipinski definition) is 6. The smallest absolute Gasteiger partial charge is 0.256 e. The number of carbonyl (C=O) groups is 2. The minimum Gasteiger partial charge on any atom is -0.492 e. The van der Waals surface area contributed by atoms with Crippen molar-refractivity contribution in [3.8, 4) is 5.75 Å². The number of anilines is 1. The van der Waals surface area contributed by atoms with Gasteiger partial charge in [0.15, 0.2) is 0 Å². The third kappa shape index (κ3) is 4.69. The van der Waals surface area contributed by atoms with Gasteiger partial charge in [0.25, 0.3) is 5.91 Å². The van der Waals surface area contributed by atoms with Crippen LogP contribution in [-0.4, -0.2) is 93.0 Å². The number of piperidine rings is 1. The maximum Gasteiger partial charge on any atom is 0.256 e. The minimum atomic E-state index is -3.22. The Kier molecular flexibility index (Phi) is 6.41. The first-order valence-electron chi connectivity index (χ1n) is 13.0. The molecule has 9 nitrogen and oxygen atoms in total. The summed E-state index contributed by atoms with van der Waals surface area (Å²) in [5.74, 6) is -0.672. The van der Waals surface area contributed by atoms with E-state index in [1.165, 1.54) is 22.7 Å². The number of carbonyl (C=O) groups excluding carboxylic acids is 2. The van der Waals surface area contributed by atoms with E-state index in [9.17, 15) is 22.4 Å². The molecule has 0 aliphatic carbocycles. The number of likely N-dealkylation sites (tertiary alicyclic amines) is 2. The van der Waals surface area contributed by atoms with Gasteiger partial charge in [-0.25, -0.2) is 17.1 Å². The fraction of sp³-hybridized carbons (Fsp3) is 0.481. The molecule has 0 unspecified atom stereocenters. The Morgan fingerprint density at radius 3 is 2.49 bits per heavy atom. The highest BCUT2D eigenvalue weighted by atomic mass is 35.5. The number of hydrogen-bond donors (Lipinski definition) is 1. The van der Waals surface area contributed by atoms with Crippen molar-refractivity contribution in [1.29, 1.82) is 0 Å². The van der Waals surface area contributed by atoms with Crippen LogP contribution in [0.4, 0.5) is 10.1 Å². The SMILES string of the molecule is CS(=O)(=O)N1CC2(CN(C(=O)c3ccc(OCCN4CCC5(CC4)C(=O)Nc4ccc(Cl)cc45)cc3F)C2)C1. The summed E-state index contributed by atoms with van der Waals surface area (Å²) < 4.78 is 45.2. The van der Waals surface area contributed by atoms with Crippen LogP contribution >= 0.6 is 11.6 Å². The average molecular weight is 577 g/mol. The lowest BCUT2D eigenvalue weighted by molar-refractivity contribution is -0.122. The number of fused-ring (bicyclic) bond motifs is 2. The van der Waals surface area contributed by atoms with Gasteiger partial charge in [0, 0.05) is 54.9 Å². The molecule has 39 heavy (non-hydrogen) atoms. The van der Waals surface area contributed by atoms with Gasteiger partial charge in [-0.3, -0.25) is 14.5 Å². The second-order valence-corrected chi connectivity index (χ2v) is 13.7. The molecule has 0 saturated carbocycles. The van der Waals surface area contributed by atoms with Crippen molar-refractivity contribution in [2.45, 2.75) is 18.3 Å². The number of sulfonamides is 1. The standard InChI is InChI=1S/C27H30ClFN4O5S/c1-39(36,37)33-16-26(17-33)14-32(15-26)24(34)20-4-3-19(13-22(20)29)38-11-10-31-8-6-27(7-9-31)21-12-18(28)2-5-23(21)30-25(27)35/h2-5,12-13H,6-11,14-17H2,1H3,(H,30,35). The highest BCUT2D eigenvalue weighted by Crippen LogP contribution is 2.46. The van der Waals surface area contributed by atoms with Gasteiger partial charge in [0.05, 0.1) is 17.2 Å². The second-order valence-electron chi connectivity index (χ2n) is 11.3. The number of amides is 2. The first-order chi connectivity index (χ1) is 18.5. The van der Waals surface area contributed by atoms with Crippen molar-refractivity contribution in [3.05, 3.63) is 58.4 Å². The summed E-state index contributed by atoms with van der Waals surface area (Å²) in [6.45, 7) is 4.07. The van der Waals surface area contributed by atoms with Crippen LogP contribution in [0.2, 0.25) is 5.02 Å². The van der Waals surface area contributed by atoms with E-state index in [2.05, 4.69) is 10.2 Å². The van der Waals surface area contributed by atoms with Crippen LogP contribution in [0.25, 0.3) is 0 Å². The molecule has 0 atom stereocenters. The zero-order chi connectivity index (χ0) is 27.6. The number of nitrogens with one attached hydrogen (secondary N) is 1. The van der Waals surface area contributed by atoms with Crippen molar-refractivity contribution in [3.63, 3.8) is 0 Å². The van der Waals surface area contributed by atoms with Gasteiger partial charge < -0.3 is 15.0 Å². The van der Waals surface area contributed by atoms with Crippen molar-refractivity contribution in [1.82, 2.24) is 14.1 Å². The average Bonchev–Trinajstić information content (AvgIpc) is 3.08. The largest absolute Gasteiger partial charge is 0.492 e. The van der Waals surface area contributed by atoms with Gasteiger partial charge >= 0.3 is 0 Å². The molecule has 3 fully saturated rings. The summed E-state index contributed by atoms with van der Waals surface area (Å²) in [6, 6.07) is 9.78. The molecule has 3 saturated heterocycles. The quantitative estimate of drug-likeness (QED) is 0.567. The number of nitrogens with zero attached hydrogens (tertiary/aromatic N) is 3. The summed E-state index contributed by atoms with van der Waals surface area (Å²) >= 11 is 6.20. The number of halogens is 2. The van der Waals surface area contributed by atoms with Gasteiger partial charge in [-0.15, -0.1) is 0 Å². The number of ether oxygens (including phenoxy) is 1. The van der Waals surface area contributed by atoms with Gasteiger partial charge in [-0.2, -0.15) is 0 Å². The molecule has 4 aliphatic heterocycles. The molecule has 0 aromatic heterocycles. The first-order valence-corrected chi connectivity index (χ1v) is 15.2. The van der Waals surface area contributed by atoms with Crippen LogP contribution < -0.4 is 10.1 Å². The third-order valence-corrected chi connectivity index (χ3v) is 10.0. The highest BCUT2D eigenvalue weighted by Gasteiger charge is 2.55. The minimum absolute atomic E-state index is 0.0203. The molecule has 6 rings (SSSR count). The molecule has 208 valence electrons. The van der Waals surface area contributed by atoms with E-state index in [4.69, 9.17) is 16.3 Å². The van der Waals surface area contributed by atoms with E-state index in [0.717, 1.165) is 24.3 Å². The van der Waals surface area contributed by atoms with Crippen molar-refractivity contribution in [2.24, 2.45) is 5.41 Å². The molecule has 12 heteroatoms. The van der Waals surface area contributed by atoms with Gasteiger partial charge in [0.2, 0.25) is 15.9 Å². The van der Waals surface area contributed by atoms with Crippen LogP contribution in [0, 0.1) is 11.2 Å². The Bertz CT molecular complexity index is 1450. The topological polar surface area (TPSA) is 99.3 Å². The van der Waals surface area contributed by atoms with Gasteiger partial charge in [0.1, 0.15) is 18.2 Å². The van der Waals surface area contributed by atoms with E-state index in [1.54, 1.807) is 17.0 Å². The van der Waals surface area contributed by atoms with E-state index in [-0.39, 0.29) is 16.9 Å². The van der Waals surface area contributed by atoms with Crippen molar-refractivity contribution < 1.29 is 27.1 Å². The third-order valence-electron chi connectivity index (χ3n) is 8.57. The zero-order valence-corrected chi connectivity index (χ0v) is 23.2. The van der Waals surface area contributed by atoms with E-state index >= 15 is 0 Å². The van der Waals surface area contributed by atoms with Crippen LogP contribution in [0.1, 0.15) is 28.8 Å². The summed E-state index contributed by atoms with van der Waals surface area (Å²) in [5.41, 5.74) is 1.03. The normalized spacial score (nSPS) is 21.8. The molecule has 4 heterocycles. The number of benzene rings is 2. The molecule has 2 spiro atoms. The van der Waals surface area contributed by atoms with Crippen molar-refractivity contribution >= 4 is 39.1 Å². The summed E-state index contributed by atoms with van der Waals surface area (Å²) in [4.78, 5) is 29.4. The van der Waals surface area contributed by atoms with Crippen LogP contribution in [-0.2, 0) is 20.2 Å². The summed E-state index contributed by atoms with van der Waals surface area (Å²) in [7, 11) is -3.22. The molecule has 1 N–H and O–H groups in total. The van der Waals surface area contributed by atoms with Crippen LogP contribution in [0.5, 0.6) is 5.75 Å². The molecule has 2 aromatic rings. The molecule has 0 radical (unpaired) electrons. The molecule has 4 aliphatic rings. The summed E-state index contributed by atoms with van der Waals surface area (Å²) in [5, 5.41) is 3.61. The Labute approximate surface area is 231 Å². The van der Waals surface area contributed by atoms with Crippen LogP contribution in [0.15, 0.2) is 36.4 Å². The lowest BCUT2D eigenvalue weighted by Gasteiger charge is -2.59. The highest BCUT2D eigenvalue weighted by molar-refractivity contribution is 7.88. The molecular formula is C27H30ClFN4O5S. The first kappa shape index (κ1) is 26.5. The zero-order valence-electron chi connectivity index (χ0n) is 21.6. The Morgan fingerprint density at radius 2 is 1.82 bits per heavy atom. The maximum atomic E-state index is 14.8. The molecule has 2 aromatic carbocycles. The lowest BCUT2D eigenvalue weighted by atomic mass is 9.73. The second kappa shape index (κ2) is 9.43. The Balaban J connectivity index is 0.980. The predicted molar refractivity (Wildman–Crippen MR) is 144 cm³/mol. The summed E-state index contributed by atoms with van der Waals surface area (Å²) in [6.07, 6.45) is 2.54. The van der Waals surface area contributed by atoms with Gasteiger partial charge in [-0.1, -0.05) is 11.6 Å². The molecular weight excluding hydrogens is 547 g/mol. The van der Waals surface area contributed by atoms with E-state index in [1.807, 2.05) is 12.1 Å². The Hall–Kier alpha value is -2.73. The Morgan fingerprint density at radius 1 is 1.10 bits per heavy atom. The fourth-order valence-corrected chi connectivity index (χ4v) is 7.49. The van der Waals surface area contributed by atoms with Crippen molar-refractivity contribution in [2.75, 3.05) is 64.0 Å². The molecule has 0 bridgehead atoms. The number of rotatable bonds is 6.